The van der Waals surface area contributed by atoms with Gasteiger partial charge in [-0.25, -0.2) is 4.39 Å². The quantitative estimate of drug-likeness (QED) is 0.170. The van der Waals surface area contributed by atoms with Crippen molar-refractivity contribution in [3.05, 3.63) is 89.9 Å². The predicted molar refractivity (Wildman–Crippen MR) is 142 cm³/mol. The Morgan fingerprint density at radius 2 is 1.59 bits per heavy atom. The van der Waals surface area contributed by atoms with E-state index < -0.39 is 6.61 Å². The number of unbranched alkanes of at least 4 members (excludes halogenated alkanes) is 4. The summed E-state index contributed by atoms with van der Waals surface area (Å²) in [5.74, 6) is 0.630. The van der Waals surface area contributed by atoms with E-state index in [-0.39, 0.29) is 11.6 Å². The van der Waals surface area contributed by atoms with Crippen molar-refractivity contribution in [1.82, 2.24) is 4.98 Å². The molecule has 0 aliphatic carbocycles. The van der Waals surface area contributed by atoms with Gasteiger partial charge in [0.1, 0.15) is 17.3 Å². The Hall–Kier alpha value is -3.54. The fourth-order valence-electron chi connectivity index (χ4n) is 4.34. The summed E-state index contributed by atoms with van der Waals surface area (Å²) in [6, 6.07) is 19.6. The van der Waals surface area contributed by atoms with Crippen LogP contribution < -0.4 is 9.47 Å². The lowest BCUT2D eigenvalue weighted by Gasteiger charge is -2.10. The van der Waals surface area contributed by atoms with Crippen LogP contribution in [-0.4, -0.2) is 18.2 Å². The highest BCUT2D eigenvalue weighted by atomic mass is 19.3. The summed E-state index contributed by atoms with van der Waals surface area (Å²) in [6.07, 6.45) is 8.80. The first-order chi connectivity index (χ1) is 18.0. The fourth-order valence-corrected chi connectivity index (χ4v) is 4.34. The van der Waals surface area contributed by atoms with Gasteiger partial charge in [0.25, 0.3) is 0 Å². The molecule has 3 nitrogen and oxygen atoms in total. The van der Waals surface area contributed by atoms with Gasteiger partial charge in [0.15, 0.2) is 0 Å². The van der Waals surface area contributed by atoms with Gasteiger partial charge in [-0.2, -0.15) is 8.78 Å². The van der Waals surface area contributed by atoms with E-state index in [4.69, 9.17) is 4.74 Å². The van der Waals surface area contributed by atoms with E-state index in [1.807, 2.05) is 30.3 Å². The largest absolute Gasteiger partial charge is 0.492 e. The molecule has 4 aromatic rings. The molecule has 0 atom stereocenters. The van der Waals surface area contributed by atoms with E-state index >= 15 is 4.39 Å². The van der Waals surface area contributed by atoms with Gasteiger partial charge in [-0.05, 0) is 66.1 Å². The summed E-state index contributed by atoms with van der Waals surface area (Å²) in [5, 5.41) is 1.37. The molecule has 0 radical (unpaired) electrons. The number of hydrogen-bond acceptors (Lipinski definition) is 3. The third-order valence-electron chi connectivity index (χ3n) is 6.41. The topological polar surface area (TPSA) is 31.4 Å². The van der Waals surface area contributed by atoms with Gasteiger partial charge >= 0.3 is 6.61 Å². The Bertz CT molecular complexity index is 1270. The number of fused-ring (bicyclic) bond motifs is 1. The standard InChI is InChI=1S/C31H32F3NO2/c1-2-3-4-5-6-19-36-27-16-18-29(35-21-27)25-13-17-28-24(20-25)12-11-23(30(28)32)10-7-22-8-14-26(15-9-22)37-31(33)34/h8-9,11-18,20-21,31H,2-7,10,19H2,1H3. The van der Waals surface area contributed by atoms with Crippen molar-refractivity contribution in [3.8, 4) is 22.8 Å². The summed E-state index contributed by atoms with van der Waals surface area (Å²) in [6.45, 7) is 0.0505. The highest BCUT2D eigenvalue weighted by Gasteiger charge is 2.10. The van der Waals surface area contributed by atoms with Crippen molar-refractivity contribution in [2.45, 2.75) is 58.5 Å². The molecule has 4 rings (SSSR count). The summed E-state index contributed by atoms with van der Waals surface area (Å²) >= 11 is 0. The molecule has 0 spiro atoms. The maximum atomic E-state index is 15.2. The zero-order chi connectivity index (χ0) is 26.0. The molecule has 0 saturated carbocycles. The highest BCUT2D eigenvalue weighted by molar-refractivity contribution is 5.88. The second-order valence-corrected chi connectivity index (χ2v) is 9.14. The minimum absolute atomic E-state index is 0.112. The van der Waals surface area contributed by atoms with E-state index in [1.54, 1.807) is 30.5 Å². The number of alkyl halides is 2. The molecular formula is C31H32F3NO2. The molecule has 0 saturated heterocycles. The normalized spacial score (nSPS) is 11.3. The molecule has 1 aromatic heterocycles. The van der Waals surface area contributed by atoms with Crippen LogP contribution >= 0.6 is 0 Å². The smallest absolute Gasteiger partial charge is 0.387 e. The number of rotatable bonds is 13. The molecule has 3 aromatic carbocycles. The van der Waals surface area contributed by atoms with Gasteiger partial charge in [0.2, 0.25) is 0 Å². The molecule has 1 heterocycles. The molecule has 0 aliphatic heterocycles. The Morgan fingerprint density at radius 1 is 0.811 bits per heavy atom. The van der Waals surface area contributed by atoms with Crippen LogP contribution in [0.2, 0.25) is 0 Å². The summed E-state index contributed by atoms with van der Waals surface area (Å²) in [5.41, 5.74) is 3.26. The van der Waals surface area contributed by atoms with Crippen LogP contribution in [-0.2, 0) is 12.8 Å². The monoisotopic (exact) mass is 507 g/mol. The van der Waals surface area contributed by atoms with Crippen molar-refractivity contribution < 1.29 is 22.6 Å². The van der Waals surface area contributed by atoms with E-state index in [0.29, 0.717) is 30.4 Å². The van der Waals surface area contributed by atoms with Crippen LogP contribution in [0.15, 0.2) is 72.9 Å². The van der Waals surface area contributed by atoms with Crippen molar-refractivity contribution in [1.29, 1.82) is 0 Å². The minimum atomic E-state index is -2.85. The molecule has 0 amide bonds. The Kier molecular flexibility index (Phi) is 9.41. The van der Waals surface area contributed by atoms with Crippen LogP contribution in [0.4, 0.5) is 13.2 Å². The first-order valence-corrected chi connectivity index (χ1v) is 12.9. The zero-order valence-electron chi connectivity index (χ0n) is 21.1. The van der Waals surface area contributed by atoms with Gasteiger partial charge in [0, 0.05) is 10.9 Å². The van der Waals surface area contributed by atoms with E-state index in [0.717, 1.165) is 34.4 Å². The van der Waals surface area contributed by atoms with Crippen LogP contribution in [0.3, 0.4) is 0 Å². The summed E-state index contributed by atoms with van der Waals surface area (Å²) in [7, 11) is 0. The number of hydrogen-bond donors (Lipinski definition) is 0. The van der Waals surface area contributed by atoms with Gasteiger partial charge in [0.05, 0.1) is 18.5 Å². The van der Waals surface area contributed by atoms with Crippen molar-refractivity contribution >= 4 is 10.8 Å². The number of pyridine rings is 1. The highest BCUT2D eigenvalue weighted by Crippen LogP contribution is 2.28. The molecular weight excluding hydrogens is 475 g/mol. The van der Waals surface area contributed by atoms with Crippen LogP contribution in [0.1, 0.15) is 50.2 Å². The fraction of sp³-hybridized carbons (Fsp3) is 0.323. The molecule has 0 unspecified atom stereocenters. The first-order valence-electron chi connectivity index (χ1n) is 12.9. The van der Waals surface area contributed by atoms with Gasteiger partial charge in [-0.3, -0.25) is 4.98 Å². The average molecular weight is 508 g/mol. The molecule has 0 bridgehead atoms. The first kappa shape index (κ1) is 26.5. The average Bonchev–Trinajstić information content (AvgIpc) is 2.91. The number of halogens is 3. The van der Waals surface area contributed by atoms with Gasteiger partial charge in [-0.15, -0.1) is 0 Å². The van der Waals surface area contributed by atoms with Gasteiger partial charge < -0.3 is 9.47 Å². The van der Waals surface area contributed by atoms with Crippen molar-refractivity contribution in [2.24, 2.45) is 0 Å². The van der Waals surface area contributed by atoms with Crippen LogP contribution in [0.5, 0.6) is 11.5 Å². The van der Waals surface area contributed by atoms with E-state index in [9.17, 15) is 8.78 Å². The van der Waals surface area contributed by atoms with E-state index in [1.165, 1.54) is 37.8 Å². The molecule has 0 aliphatic rings. The molecule has 194 valence electrons. The molecule has 6 heteroatoms. The summed E-state index contributed by atoms with van der Waals surface area (Å²) < 4.78 is 50.0. The number of benzene rings is 3. The predicted octanol–water partition coefficient (Wildman–Crippen LogP) is 8.78. The lowest BCUT2D eigenvalue weighted by Crippen LogP contribution is -2.02. The maximum absolute atomic E-state index is 15.2. The van der Waals surface area contributed by atoms with Crippen molar-refractivity contribution in [3.63, 3.8) is 0 Å². The van der Waals surface area contributed by atoms with Gasteiger partial charge in [-0.1, -0.05) is 69.0 Å². The van der Waals surface area contributed by atoms with E-state index in [2.05, 4.69) is 16.6 Å². The third kappa shape index (κ3) is 7.48. The Labute approximate surface area is 216 Å². The zero-order valence-corrected chi connectivity index (χ0v) is 21.1. The Morgan fingerprint density at radius 3 is 2.32 bits per heavy atom. The van der Waals surface area contributed by atoms with Crippen LogP contribution in [0, 0.1) is 5.82 Å². The minimum Gasteiger partial charge on any atom is -0.492 e. The molecule has 0 N–H and O–H groups in total. The lowest BCUT2D eigenvalue weighted by molar-refractivity contribution is -0.0498. The van der Waals surface area contributed by atoms with Crippen LogP contribution in [0.25, 0.3) is 22.0 Å². The summed E-state index contributed by atoms with van der Waals surface area (Å²) in [4.78, 5) is 4.54. The number of ether oxygens (including phenoxy) is 2. The third-order valence-corrected chi connectivity index (χ3v) is 6.41. The maximum Gasteiger partial charge on any atom is 0.387 e. The number of aromatic nitrogens is 1. The lowest BCUT2D eigenvalue weighted by atomic mass is 9.98. The molecule has 37 heavy (non-hydrogen) atoms. The SMILES string of the molecule is CCCCCCCOc1ccc(-c2ccc3c(F)c(CCc4ccc(OC(F)F)cc4)ccc3c2)nc1. The second-order valence-electron chi connectivity index (χ2n) is 9.14. The number of nitrogens with zero attached hydrogens (tertiary/aromatic N) is 1. The van der Waals surface area contributed by atoms with Crippen molar-refractivity contribution in [2.75, 3.05) is 6.61 Å². The second kappa shape index (κ2) is 13.1. The molecule has 0 fully saturated rings. The number of aryl methyl sites for hydroxylation is 2. The Balaban J connectivity index is 1.37.